The van der Waals surface area contributed by atoms with Gasteiger partial charge in [-0.3, -0.25) is 0 Å². The van der Waals surface area contributed by atoms with Crippen molar-refractivity contribution in [2.24, 2.45) is 0 Å². The van der Waals surface area contributed by atoms with Crippen molar-refractivity contribution < 1.29 is 19.1 Å². The van der Waals surface area contributed by atoms with Crippen LogP contribution < -0.4 is 15.4 Å². The number of hydrogen-bond acceptors (Lipinski definition) is 5. The van der Waals surface area contributed by atoms with Crippen molar-refractivity contribution in [2.45, 2.75) is 13.0 Å². The van der Waals surface area contributed by atoms with Gasteiger partial charge in [0.2, 0.25) is 5.88 Å². The summed E-state index contributed by atoms with van der Waals surface area (Å²) in [4.78, 5) is 29.1. The Hall–Kier alpha value is -3.87. The molecular formula is C23H21N3O4. The van der Waals surface area contributed by atoms with Gasteiger partial charge in [-0.1, -0.05) is 36.4 Å². The van der Waals surface area contributed by atoms with Crippen molar-refractivity contribution in [2.75, 3.05) is 14.2 Å². The number of carbonyl (C=O) groups excluding carboxylic acids is 2. The molecule has 1 aliphatic heterocycles. The SMILES string of the molecule is COC(=O)C1=C(C)NC(=O)NC1c1cccc(-c2cc3ccccc3nc2OC)c1. The van der Waals surface area contributed by atoms with E-state index in [-0.39, 0.29) is 6.03 Å². The van der Waals surface area contributed by atoms with E-state index in [1.807, 2.05) is 54.6 Å². The molecule has 0 radical (unpaired) electrons. The van der Waals surface area contributed by atoms with E-state index in [4.69, 9.17) is 9.47 Å². The lowest BCUT2D eigenvalue weighted by Gasteiger charge is -2.28. The average molecular weight is 403 g/mol. The van der Waals surface area contributed by atoms with Crippen molar-refractivity contribution in [3.63, 3.8) is 0 Å². The Morgan fingerprint density at radius 3 is 2.63 bits per heavy atom. The van der Waals surface area contributed by atoms with Crippen LogP contribution in [0.15, 0.2) is 65.9 Å². The van der Waals surface area contributed by atoms with Gasteiger partial charge < -0.3 is 20.1 Å². The molecular weight excluding hydrogens is 382 g/mol. The first-order chi connectivity index (χ1) is 14.5. The van der Waals surface area contributed by atoms with E-state index in [0.717, 1.165) is 27.6 Å². The summed E-state index contributed by atoms with van der Waals surface area (Å²) in [5, 5.41) is 6.42. The highest BCUT2D eigenvalue weighted by molar-refractivity contribution is 5.95. The van der Waals surface area contributed by atoms with Crippen LogP contribution >= 0.6 is 0 Å². The molecule has 1 unspecified atom stereocenters. The molecule has 1 aromatic heterocycles. The molecule has 2 N–H and O–H groups in total. The number of benzene rings is 2. The summed E-state index contributed by atoms with van der Waals surface area (Å²) in [7, 11) is 2.90. The number of esters is 1. The molecule has 0 fully saturated rings. The fraction of sp³-hybridized carbons (Fsp3) is 0.174. The molecule has 2 amide bonds. The summed E-state index contributed by atoms with van der Waals surface area (Å²) < 4.78 is 10.5. The zero-order valence-corrected chi connectivity index (χ0v) is 16.9. The number of fused-ring (bicyclic) bond motifs is 1. The first-order valence-electron chi connectivity index (χ1n) is 9.42. The van der Waals surface area contributed by atoms with E-state index in [9.17, 15) is 9.59 Å². The minimum atomic E-state index is -0.634. The topological polar surface area (TPSA) is 89.5 Å². The fourth-order valence-corrected chi connectivity index (χ4v) is 3.67. The van der Waals surface area contributed by atoms with Crippen LogP contribution in [0.5, 0.6) is 5.88 Å². The maximum absolute atomic E-state index is 12.4. The number of carbonyl (C=O) groups is 2. The second-order valence-electron chi connectivity index (χ2n) is 6.93. The third-order valence-corrected chi connectivity index (χ3v) is 5.09. The van der Waals surface area contributed by atoms with E-state index in [1.165, 1.54) is 7.11 Å². The highest BCUT2D eigenvalue weighted by Gasteiger charge is 2.32. The Labute approximate surface area is 173 Å². The number of aromatic nitrogens is 1. The Morgan fingerprint density at radius 1 is 1.07 bits per heavy atom. The molecule has 2 heterocycles. The molecule has 0 saturated heterocycles. The zero-order chi connectivity index (χ0) is 21.3. The lowest BCUT2D eigenvalue weighted by Crippen LogP contribution is -2.45. The Bertz CT molecular complexity index is 1190. The van der Waals surface area contributed by atoms with Gasteiger partial charge in [0, 0.05) is 16.6 Å². The fourth-order valence-electron chi connectivity index (χ4n) is 3.67. The van der Waals surface area contributed by atoms with Crippen molar-refractivity contribution in [1.82, 2.24) is 15.6 Å². The van der Waals surface area contributed by atoms with Gasteiger partial charge in [-0.05, 0) is 36.2 Å². The van der Waals surface area contributed by atoms with Crippen LogP contribution in [0.4, 0.5) is 4.79 Å². The predicted octanol–water partition coefficient (Wildman–Crippen LogP) is 3.71. The number of ether oxygens (including phenoxy) is 2. The Kier molecular flexibility index (Phi) is 5.10. The van der Waals surface area contributed by atoms with Gasteiger partial charge in [-0.2, -0.15) is 0 Å². The summed E-state index contributed by atoms with van der Waals surface area (Å²) in [6.45, 7) is 1.68. The number of amides is 2. The lowest BCUT2D eigenvalue weighted by atomic mass is 9.93. The Balaban J connectivity index is 1.83. The number of rotatable bonds is 4. The summed E-state index contributed by atoms with van der Waals surface area (Å²) in [5.74, 6) is 0.000431. The minimum Gasteiger partial charge on any atom is -0.481 e. The third-order valence-electron chi connectivity index (χ3n) is 5.09. The van der Waals surface area contributed by atoms with E-state index < -0.39 is 12.0 Å². The molecule has 152 valence electrons. The number of nitrogens with one attached hydrogen (secondary N) is 2. The number of allylic oxidation sites excluding steroid dienone is 1. The molecule has 30 heavy (non-hydrogen) atoms. The molecule has 0 aliphatic carbocycles. The number of urea groups is 1. The van der Waals surface area contributed by atoms with Crippen molar-refractivity contribution in [3.05, 3.63) is 71.4 Å². The van der Waals surface area contributed by atoms with Crippen LogP contribution in [0.1, 0.15) is 18.5 Å². The van der Waals surface area contributed by atoms with E-state index >= 15 is 0 Å². The lowest BCUT2D eigenvalue weighted by molar-refractivity contribution is -0.136. The maximum atomic E-state index is 12.4. The molecule has 7 heteroatoms. The van der Waals surface area contributed by atoms with Gasteiger partial charge in [0.1, 0.15) is 0 Å². The van der Waals surface area contributed by atoms with Crippen molar-refractivity contribution in [3.8, 4) is 17.0 Å². The zero-order valence-electron chi connectivity index (χ0n) is 16.9. The number of methoxy groups -OCH3 is 2. The smallest absolute Gasteiger partial charge is 0.337 e. The predicted molar refractivity (Wildman–Crippen MR) is 113 cm³/mol. The van der Waals surface area contributed by atoms with E-state index in [2.05, 4.69) is 15.6 Å². The second-order valence-corrected chi connectivity index (χ2v) is 6.93. The second kappa shape index (κ2) is 7.87. The summed E-state index contributed by atoms with van der Waals surface area (Å²) in [5.41, 5.74) is 4.09. The van der Waals surface area contributed by atoms with Crippen LogP contribution in [0.2, 0.25) is 0 Å². The molecule has 4 rings (SSSR count). The number of para-hydroxylation sites is 1. The van der Waals surface area contributed by atoms with E-state index in [1.54, 1.807) is 14.0 Å². The number of pyridine rings is 1. The molecule has 0 saturated carbocycles. The average Bonchev–Trinajstić information content (AvgIpc) is 2.77. The standard InChI is InChI=1S/C23H21N3O4/c1-13-19(22(27)30-3)20(26-23(28)24-13)16-9-6-8-14(11-16)17-12-15-7-4-5-10-18(15)25-21(17)29-2/h4-12,20H,1-3H3,(H2,24,26,28). The highest BCUT2D eigenvalue weighted by atomic mass is 16.5. The van der Waals surface area contributed by atoms with Gasteiger partial charge in [0.05, 0.1) is 31.4 Å². The van der Waals surface area contributed by atoms with Crippen LogP contribution in [0.25, 0.3) is 22.0 Å². The van der Waals surface area contributed by atoms with Gasteiger partial charge in [0.25, 0.3) is 0 Å². The van der Waals surface area contributed by atoms with E-state index in [0.29, 0.717) is 17.2 Å². The minimum absolute atomic E-state index is 0.359. The maximum Gasteiger partial charge on any atom is 0.337 e. The van der Waals surface area contributed by atoms with Gasteiger partial charge in [-0.15, -0.1) is 0 Å². The molecule has 1 aliphatic rings. The quantitative estimate of drug-likeness (QED) is 0.648. The summed E-state index contributed by atoms with van der Waals surface area (Å²) in [6, 6.07) is 16.4. The molecule has 0 spiro atoms. The molecule has 1 atom stereocenters. The van der Waals surface area contributed by atoms with Gasteiger partial charge >= 0.3 is 12.0 Å². The normalized spacial score (nSPS) is 16.1. The summed E-state index contributed by atoms with van der Waals surface area (Å²) >= 11 is 0. The summed E-state index contributed by atoms with van der Waals surface area (Å²) in [6.07, 6.45) is 0. The molecule has 2 aromatic carbocycles. The molecule has 7 nitrogen and oxygen atoms in total. The number of hydrogen-bond donors (Lipinski definition) is 2. The highest BCUT2D eigenvalue weighted by Crippen LogP contribution is 2.35. The molecule has 0 bridgehead atoms. The van der Waals surface area contributed by atoms with Crippen molar-refractivity contribution >= 4 is 22.9 Å². The largest absolute Gasteiger partial charge is 0.481 e. The first kappa shape index (κ1) is 19.4. The van der Waals surface area contributed by atoms with Gasteiger partial charge in [-0.25, -0.2) is 14.6 Å². The number of nitrogens with zero attached hydrogens (tertiary/aromatic N) is 1. The third kappa shape index (κ3) is 3.45. The first-order valence-corrected chi connectivity index (χ1v) is 9.42. The molecule has 3 aromatic rings. The van der Waals surface area contributed by atoms with Crippen LogP contribution in [-0.2, 0) is 9.53 Å². The monoisotopic (exact) mass is 403 g/mol. The van der Waals surface area contributed by atoms with Gasteiger partial charge in [0.15, 0.2) is 0 Å². The van der Waals surface area contributed by atoms with Crippen LogP contribution in [0.3, 0.4) is 0 Å². The Morgan fingerprint density at radius 2 is 1.87 bits per heavy atom. The van der Waals surface area contributed by atoms with Crippen molar-refractivity contribution in [1.29, 1.82) is 0 Å². The van der Waals surface area contributed by atoms with Crippen LogP contribution in [0, 0.1) is 0 Å². The van der Waals surface area contributed by atoms with Crippen LogP contribution in [-0.4, -0.2) is 31.2 Å².